The van der Waals surface area contributed by atoms with Crippen molar-refractivity contribution in [1.82, 2.24) is 0 Å². The number of nitrogens with two attached hydrogens (primary N) is 1. The zero-order valence-corrected chi connectivity index (χ0v) is 15.7. The largest absolute Gasteiger partial charge is 0.495 e. The third-order valence-corrected chi connectivity index (χ3v) is 4.27. The van der Waals surface area contributed by atoms with Crippen LogP contribution in [0.3, 0.4) is 0 Å². The number of nitrogen functional groups attached to an aromatic ring is 1. The average Bonchev–Trinajstić information content (AvgIpc) is 2.62. The van der Waals surface area contributed by atoms with E-state index in [0.29, 0.717) is 29.7 Å². The second kappa shape index (κ2) is 9.51. The van der Waals surface area contributed by atoms with Gasteiger partial charge in [0.05, 0.1) is 25.3 Å². The van der Waals surface area contributed by atoms with Crippen LogP contribution in [0.4, 0.5) is 11.4 Å². The number of hydrogen-bond acceptors (Lipinski definition) is 5. The second-order valence-electron chi connectivity index (χ2n) is 5.60. The van der Waals surface area contributed by atoms with Crippen molar-refractivity contribution in [2.24, 2.45) is 0 Å². The molecule has 0 fully saturated rings. The van der Waals surface area contributed by atoms with E-state index in [0.717, 1.165) is 29.9 Å². The first kappa shape index (κ1) is 19.4. The van der Waals surface area contributed by atoms with Gasteiger partial charge in [0.25, 0.3) is 0 Å². The molecule has 0 bridgehead atoms. The Hall–Kier alpha value is -1.95. The summed E-state index contributed by atoms with van der Waals surface area (Å²) in [5, 5.41) is 0.576. The molecule has 2 aromatic rings. The van der Waals surface area contributed by atoms with Gasteiger partial charge in [0.2, 0.25) is 0 Å². The van der Waals surface area contributed by atoms with Crippen LogP contribution in [0.2, 0.25) is 5.02 Å². The first-order valence-corrected chi connectivity index (χ1v) is 8.44. The highest BCUT2D eigenvalue weighted by atomic mass is 35.5. The Morgan fingerprint density at radius 3 is 2.24 bits per heavy atom. The minimum absolute atomic E-state index is 0.576. The maximum Gasteiger partial charge on any atom is 0.138 e. The Bertz CT molecular complexity index is 686. The minimum Gasteiger partial charge on any atom is -0.495 e. The van der Waals surface area contributed by atoms with Gasteiger partial charge in [-0.1, -0.05) is 17.7 Å². The van der Waals surface area contributed by atoms with Gasteiger partial charge in [0.1, 0.15) is 5.75 Å². The van der Waals surface area contributed by atoms with E-state index in [1.807, 2.05) is 36.4 Å². The van der Waals surface area contributed by atoms with Crippen molar-refractivity contribution in [3.63, 3.8) is 0 Å². The van der Waals surface area contributed by atoms with Crippen LogP contribution in [0.15, 0.2) is 36.4 Å². The monoisotopic (exact) mass is 364 g/mol. The quantitative estimate of drug-likeness (QED) is 0.687. The second-order valence-corrected chi connectivity index (χ2v) is 6.01. The molecule has 0 aliphatic rings. The van der Waals surface area contributed by atoms with Crippen molar-refractivity contribution in [2.75, 3.05) is 58.3 Å². The molecule has 0 spiro atoms. The Morgan fingerprint density at radius 2 is 1.64 bits per heavy atom. The number of benzene rings is 2. The Morgan fingerprint density at radius 1 is 0.960 bits per heavy atom. The molecule has 0 radical (unpaired) electrons. The molecular weight excluding hydrogens is 340 g/mol. The van der Waals surface area contributed by atoms with E-state index in [9.17, 15) is 0 Å². The molecular formula is C19H25ClN2O3. The molecule has 0 heterocycles. The molecule has 2 aromatic carbocycles. The third kappa shape index (κ3) is 5.01. The van der Waals surface area contributed by atoms with Crippen molar-refractivity contribution in [2.45, 2.75) is 0 Å². The van der Waals surface area contributed by atoms with Crippen LogP contribution < -0.4 is 15.4 Å². The highest BCUT2D eigenvalue weighted by Gasteiger charge is 2.14. The molecule has 0 unspecified atom stereocenters. The fourth-order valence-electron chi connectivity index (χ4n) is 2.64. The molecule has 25 heavy (non-hydrogen) atoms. The number of rotatable bonds is 9. The normalized spacial score (nSPS) is 10.7. The topological polar surface area (TPSA) is 57.0 Å². The maximum atomic E-state index is 6.16. The van der Waals surface area contributed by atoms with Gasteiger partial charge in [0, 0.05) is 44.2 Å². The van der Waals surface area contributed by atoms with Gasteiger partial charge in [-0.3, -0.25) is 0 Å². The van der Waals surface area contributed by atoms with E-state index in [1.54, 1.807) is 21.3 Å². The van der Waals surface area contributed by atoms with E-state index in [2.05, 4.69) is 4.90 Å². The van der Waals surface area contributed by atoms with Crippen LogP contribution in [-0.4, -0.2) is 47.6 Å². The van der Waals surface area contributed by atoms with Crippen LogP contribution in [0.1, 0.15) is 0 Å². The summed E-state index contributed by atoms with van der Waals surface area (Å²) in [5.74, 6) is 0.632. The smallest absolute Gasteiger partial charge is 0.138 e. The predicted molar refractivity (Wildman–Crippen MR) is 104 cm³/mol. The fourth-order valence-corrected chi connectivity index (χ4v) is 2.84. The van der Waals surface area contributed by atoms with E-state index >= 15 is 0 Å². The zero-order valence-electron chi connectivity index (χ0n) is 14.9. The molecule has 0 saturated carbocycles. The maximum absolute atomic E-state index is 6.16. The number of anilines is 2. The summed E-state index contributed by atoms with van der Waals surface area (Å²) in [6, 6.07) is 11.6. The Labute approximate surface area is 154 Å². The lowest BCUT2D eigenvalue weighted by Gasteiger charge is -2.27. The van der Waals surface area contributed by atoms with Crippen molar-refractivity contribution < 1.29 is 14.2 Å². The Kier molecular flexibility index (Phi) is 7.37. The lowest BCUT2D eigenvalue weighted by Crippen LogP contribution is -2.31. The summed E-state index contributed by atoms with van der Waals surface area (Å²) in [7, 11) is 5.00. The average molecular weight is 365 g/mol. The number of nitrogens with zero attached hydrogens (tertiary/aromatic N) is 1. The van der Waals surface area contributed by atoms with Crippen LogP contribution in [-0.2, 0) is 9.47 Å². The number of halogens is 1. The molecule has 5 nitrogen and oxygen atoms in total. The van der Waals surface area contributed by atoms with Crippen LogP contribution in [0.5, 0.6) is 5.75 Å². The van der Waals surface area contributed by atoms with Crippen LogP contribution in [0.25, 0.3) is 11.1 Å². The molecule has 0 aromatic heterocycles. The molecule has 136 valence electrons. The molecule has 0 atom stereocenters. The van der Waals surface area contributed by atoms with Crippen molar-refractivity contribution in [1.29, 1.82) is 0 Å². The number of hydrogen-bond donors (Lipinski definition) is 1. The van der Waals surface area contributed by atoms with E-state index in [1.165, 1.54) is 0 Å². The van der Waals surface area contributed by atoms with E-state index < -0.39 is 0 Å². The Balaban J connectivity index is 2.47. The first-order valence-electron chi connectivity index (χ1n) is 8.07. The summed E-state index contributed by atoms with van der Waals surface area (Å²) in [5.41, 5.74) is 9.81. The highest BCUT2D eigenvalue weighted by Crippen LogP contribution is 2.36. The molecule has 0 aliphatic heterocycles. The molecule has 0 amide bonds. The summed E-state index contributed by atoms with van der Waals surface area (Å²) in [6.07, 6.45) is 0. The lowest BCUT2D eigenvalue weighted by atomic mass is 10.0. The zero-order chi connectivity index (χ0) is 18.2. The van der Waals surface area contributed by atoms with Gasteiger partial charge in [-0.25, -0.2) is 0 Å². The summed E-state index contributed by atoms with van der Waals surface area (Å²) >= 11 is 6.16. The van der Waals surface area contributed by atoms with Crippen molar-refractivity contribution in [3.8, 4) is 16.9 Å². The van der Waals surface area contributed by atoms with Crippen molar-refractivity contribution in [3.05, 3.63) is 41.4 Å². The molecule has 0 aliphatic carbocycles. The van der Waals surface area contributed by atoms with Crippen LogP contribution >= 0.6 is 11.6 Å². The standard InChI is InChI=1S/C19H25ClN2O3/c1-23-10-8-22(9-11-24-2)18-7-5-15(21)13-16(18)14-4-6-17(20)19(12-14)25-3/h4-7,12-13H,8-11,21H2,1-3H3. The minimum atomic E-state index is 0.576. The van der Waals surface area contributed by atoms with Gasteiger partial charge in [0.15, 0.2) is 0 Å². The van der Waals surface area contributed by atoms with Gasteiger partial charge in [-0.2, -0.15) is 0 Å². The molecule has 2 rings (SSSR count). The van der Waals surface area contributed by atoms with Gasteiger partial charge in [-0.05, 0) is 35.9 Å². The fraction of sp³-hybridized carbons (Fsp3) is 0.368. The summed E-state index contributed by atoms with van der Waals surface area (Å²) in [6.45, 7) is 2.75. The van der Waals surface area contributed by atoms with E-state index in [-0.39, 0.29) is 0 Å². The lowest BCUT2D eigenvalue weighted by molar-refractivity contribution is 0.190. The highest BCUT2D eigenvalue weighted by molar-refractivity contribution is 6.32. The number of methoxy groups -OCH3 is 3. The summed E-state index contributed by atoms with van der Waals surface area (Å²) < 4.78 is 15.9. The SMILES string of the molecule is COCCN(CCOC)c1ccc(N)cc1-c1ccc(Cl)c(OC)c1. The number of ether oxygens (including phenoxy) is 3. The first-order chi connectivity index (χ1) is 12.1. The van der Waals surface area contributed by atoms with Gasteiger partial charge >= 0.3 is 0 Å². The predicted octanol–water partition coefficient (Wildman–Crippen LogP) is 3.70. The van der Waals surface area contributed by atoms with Crippen LogP contribution in [0, 0.1) is 0 Å². The third-order valence-electron chi connectivity index (χ3n) is 3.95. The van der Waals surface area contributed by atoms with Gasteiger partial charge < -0.3 is 24.8 Å². The van der Waals surface area contributed by atoms with Crippen molar-refractivity contribution >= 4 is 23.0 Å². The molecule has 0 saturated heterocycles. The molecule has 6 heteroatoms. The summed E-state index contributed by atoms with van der Waals surface area (Å²) in [4.78, 5) is 2.23. The van der Waals surface area contributed by atoms with Gasteiger partial charge in [-0.15, -0.1) is 0 Å². The molecule has 2 N–H and O–H groups in total. The van der Waals surface area contributed by atoms with E-state index in [4.69, 9.17) is 31.5 Å².